The van der Waals surface area contributed by atoms with Gasteiger partial charge in [0, 0.05) is 19.6 Å². The highest BCUT2D eigenvalue weighted by Gasteiger charge is 2.17. The zero-order valence-corrected chi connectivity index (χ0v) is 13.5. The van der Waals surface area contributed by atoms with Crippen LogP contribution in [-0.2, 0) is 6.42 Å². The van der Waals surface area contributed by atoms with E-state index < -0.39 is 0 Å². The van der Waals surface area contributed by atoms with Gasteiger partial charge in [-0.3, -0.25) is 0 Å². The van der Waals surface area contributed by atoms with E-state index in [0.717, 1.165) is 18.5 Å². The van der Waals surface area contributed by atoms with Crippen molar-refractivity contribution >= 4 is 11.6 Å². The third-order valence-electron chi connectivity index (χ3n) is 4.24. The molecule has 2 aromatic rings. The van der Waals surface area contributed by atoms with Crippen LogP contribution in [0.25, 0.3) is 5.57 Å². The third-order valence-corrected chi connectivity index (χ3v) is 4.24. The van der Waals surface area contributed by atoms with Gasteiger partial charge in [0.1, 0.15) is 5.82 Å². The fraction of sp³-hybridized carbons (Fsp3) is 0.250. The largest absolute Gasteiger partial charge is 0.338 e. The average molecular weight is 324 g/mol. The summed E-state index contributed by atoms with van der Waals surface area (Å²) in [5.74, 6) is -0.239. The minimum Gasteiger partial charge on any atom is -0.338 e. The molecule has 2 aromatic carbocycles. The lowest BCUT2D eigenvalue weighted by Gasteiger charge is -2.27. The molecule has 0 saturated carbocycles. The van der Waals surface area contributed by atoms with E-state index in [4.69, 9.17) is 0 Å². The first-order valence-electron chi connectivity index (χ1n) is 8.24. The molecule has 1 heterocycles. The second kappa shape index (κ2) is 7.77. The van der Waals surface area contributed by atoms with Crippen LogP contribution < -0.4 is 5.32 Å². The maximum atomic E-state index is 12.9. The third kappa shape index (κ3) is 4.22. The molecule has 3 nitrogen and oxygen atoms in total. The van der Waals surface area contributed by atoms with Crippen molar-refractivity contribution in [2.45, 2.75) is 12.8 Å². The Morgan fingerprint density at radius 2 is 1.83 bits per heavy atom. The van der Waals surface area contributed by atoms with Crippen LogP contribution in [0.15, 0.2) is 60.7 Å². The van der Waals surface area contributed by atoms with Gasteiger partial charge < -0.3 is 10.2 Å². The number of carbonyl (C=O) groups is 1. The van der Waals surface area contributed by atoms with Gasteiger partial charge in [-0.2, -0.15) is 0 Å². The van der Waals surface area contributed by atoms with E-state index in [1.54, 1.807) is 12.1 Å². The topological polar surface area (TPSA) is 32.3 Å². The maximum absolute atomic E-state index is 12.9. The lowest BCUT2D eigenvalue weighted by atomic mass is 10.00. The number of nitrogens with one attached hydrogen (secondary N) is 1. The minimum absolute atomic E-state index is 0.0412. The molecule has 124 valence electrons. The van der Waals surface area contributed by atoms with Crippen LogP contribution in [0.3, 0.4) is 0 Å². The van der Waals surface area contributed by atoms with Gasteiger partial charge in [0.25, 0.3) is 0 Å². The van der Waals surface area contributed by atoms with Gasteiger partial charge >= 0.3 is 6.03 Å². The van der Waals surface area contributed by atoms with E-state index in [-0.39, 0.29) is 11.8 Å². The van der Waals surface area contributed by atoms with Crippen molar-refractivity contribution < 1.29 is 9.18 Å². The first-order chi connectivity index (χ1) is 11.7. The van der Waals surface area contributed by atoms with Crippen LogP contribution >= 0.6 is 0 Å². The van der Waals surface area contributed by atoms with Crippen LogP contribution in [0.1, 0.15) is 17.5 Å². The summed E-state index contributed by atoms with van der Waals surface area (Å²) in [5, 5.41) is 2.93. The van der Waals surface area contributed by atoms with E-state index in [1.165, 1.54) is 23.3 Å². The first-order valence-corrected chi connectivity index (χ1v) is 8.24. The molecule has 24 heavy (non-hydrogen) atoms. The van der Waals surface area contributed by atoms with Crippen molar-refractivity contribution in [2.24, 2.45) is 0 Å². The fourth-order valence-corrected chi connectivity index (χ4v) is 2.84. The van der Waals surface area contributed by atoms with Crippen molar-refractivity contribution in [1.29, 1.82) is 0 Å². The molecule has 1 aliphatic heterocycles. The van der Waals surface area contributed by atoms with Gasteiger partial charge in [-0.1, -0.05) is 48.5 Å². The Morgan fingerprint density at radius 1 is 1.08 bits per heavy atom. The van der Waals surface area contributed by atoms with Crippen LogP contribution in [0.5, 0.6) is 0 Å². The van der Waals surface area contributed by atoms with Crippen LogP contribution in [0.4, 0.5) is 9.18 Å². The molecule has 0 radical (unpaired) electrons. The Morgan fingerprint density at radius 3 is 2.50 bits per heavy atom. The fourth-order valence-electron chi connectivity index (χ4n) is 2.84. The summed E-state index contributed by atoms with van der Waals surface area (Å²) in [7, 11) is 0. The zero-order valence-electron chi connectivity index (χ0n) is 13.5. The summed E-state index contributed by atoms with van der Waals surface area (Å²) in [6.07, 6.45) is 3.69. The van der Waals surface area contributed by atoms with E-state index in [0.29, 0.717) is 19.5 Å². The maximum Gasteiger partial charge on any atom is 0.317 e. The Kier molecular flexibility index (Phi) is 5.26. The Bertz CT molecular complexity index is 710. The van der Waals surface area contributed by atoms with Gasteiger partial charge in [0.05, 0.1) is 0 Å². The molecule has 3 rings (SSSR count). The quantitative estimate of drug-likeness (QED) is 0.910. The molecule has 0 bridgehead atoms. The lowest BCUT2D eigenvalue weighted by molar-refractivity contribution is 0.203. The van der Waals surface area contributed by atoms with Crippen molar-refractivity contribution in [3.05, 3.63) is 77.6 Å². The second-order valence-electron chi connectivity index (χ2n) is 5.90. The standard InChI is InChI=1S/C20H21FN2O/c21-19-8-6-16(7-9-19)10-13-22-20(24)23-14-11-18(12-15-23)17-4-2-1-3-5-17/h1-9,11H,10,12-15H2,(H,22,24). The lowest BCUT2D eigenvalue weighted by Crippen LogP contribution is -2.42. The Balaban J connectivity index is 1.46. The number of benzene rings is 2. The molecule has 0 fully saturated rings. The zero-order chi connectivity index (χ0) is 16.8. The Hall–Kier alpha value is -2.62. The van der Waals surface area contributed by atoms with Crippen molar-refractivity contribution in [3.8, 4) is 0 Å². The van der Waals surface area contributed by atoms with E-state index >= 15 is 0 Å². The number of urea groups is 1. The van der Waals surface area contributed by atoms with Crippen molar-refractivity contribution in [2.75, 3.05) is 19.6 Å². The van der Waals surface area contributed by atoms with Crippen molar-refractivity contribution in [3.63, 3.8) is 0 Å². The number of halogens is 1. The summed E-state index contributed by atoms with van der Waals surface area (Å²) in [6.45, 7) is 1.91. The molecule has 1 aliphatic rings. The molecule has 0 aromatic heterocycles. The average Bonchev–Trinajstić information content (AvgIpc) is 2.64. The van der Waals surface area contributed by atoms with Crippen LogP contribution in [-0.4, -0.2) is 30.6 Å². The predicted octanol–water partition coefficient (Wildman–Crippen LogP) is 3.87. The Labute approximate surface area is 141 Å². The molecule has 0 aliphatic carbocycles. The van der Waals surface area contributed by atoms with Gasteiger partial charge in [0.15, 0.2) is 0 Å². The van der Waals surface area contributed by atoms with Gasteiger partial charge in [-0.05, 0) is 41.7 Å². The summed E-state index contributed by atoms with van der Waals surface area (Å²) in [5.41, 5.74) is 3.54. The van der Waals surface area contributed by atoms with Crippen molar-refractivity contribution in [1.82, 2.24) is 10.2 Å². The predicted molar refractivity (Wildman–Crippen MR) is 94.1 cm³/mol. The molecule has 1 N–H and O–H groups in total. The molecule has 0 spiro atoms. The molecule has 0 saturated heterocycles. The molecular formula is C20H21FN2O. The smallest absolute Gasteiger partial charge is 0.317 e. The SMILES string of the molecule is O=C(NCCc1ccc(F)cc1)N1CC=C(c2ccccc2)CC1. The van der Waals surface area contributed by atoms with E-state index in [1.807, 2.05) is 23.1 Å². The number of nitrogens with zero attached hydrogens (tertiary/aromatic N) is 1. The minimum atomic E-state index is -0.239. The van der Waals surface area contributed by atoms with E-state index in [2.05, 4.69) is 23.5 Å². The molecular weight excluding hydrogens is 303 g/mol. The summed E-state index contributed by atoms with van der Waals surface area (Å²) >= 11 is 0. The van der Waals surface area contributed by atoms with Crippen LogP contribution in [0, 0.1) is 5.82 Å². The normalized spacial score (nSPS) is 14.2. The number of carbonyl (C=O) groups excluding carboxylic acids is 1. The molecule has 4 heteroatoms. The molecule has 0 unspecified atom stereocenters. The summed E-state index contributed by atoms with van der Waals surface area (Å²) < 4.78 is 12.9. The number of hydrogen-bond donors (Lipinski definition) is 1. The number of amides is 2. The summed E-state index contributed by atoms with van der Waals surface area (Å²) in [6, 6.07) is 16.6. The molecule has 0 atom stereocenters. The van der Waals surface area contributed by atoms with Crippen LogP contribution in [0.2, 0.25) is 0 Å². The highest BCUT2D eigenvalue weighted by molar-refractivity contribution is 5.76. The highest BCUT2D eigenvalue weighted by atomic mass is 19.1. The summed E-state index contributed by atoms with van der Waals surface area (Å²) in [4.78, 5) is 14.0. The second-order valence-corrected chi connectivity index (χ2v) is 5.90. The van der Waals surface area contributed by atoms with Gasteiger partial charge in [-0.15, -0.1) is 0 Å². The van der Waals surface area contributed by atoms with Gasteiger partial charge in [0.2, 0.25) is 0 Å². The molecule has 2 amide bonds. The van der Waals surface area contributed by atoms with Gasteiger partial charge in [-0.25, -0.2) is 9.18 Å². The first kappa shape index (κ1) is 16.2. The van der Waals surface area contributed by atoms with E-state index in [9.17, 15) is 9.18 Å². The number of hydrogen-bond acceptors (Lipinski definition) is 1. The number of rotatable bonds is 4. The monoisotopic (exact) mass is 324 g/mol. The highest BCUT2D eigenvalue weighted by Crippen LogP contribution is 2.21.